The van der Waals surface area contributed by atoms with Crippen LogP contribution in [0.4, 0.5) is 10.2 Å². The topological polar surface area (TPSA) is 50.9 Å². The van der Waals surface area contributed by atoms with Crippen molar-refractivity contribution in [2.24, 2.45) is 5.73 Å². The molecule has 2 rings (SSSR count). The lowest BCUT2D eigenvalue weighted by atomic mass is 10.1. The number of benzene rings is 1. The second-order valence-corrected chi connectivity index (χ2v) is 4.56. The Hall–Kier alpha value is -1.94. The summed E-state index contributed by atoms with van der Waals surface area (Å²) in [5.74, 6) is 0.525. The van der Waals surface area contributed by atoms with Crippen LogP contribution >= 0.6 is 0 Å². The Bertz CT molecular complexity index is 582. The molecule has 0 bridgehead atoms. The van der Waals surface area contributed by atoms with Gasteiger partial charge in [-0.1, -0.05) is 18.2 Å². The molecule has 3 nitrogen and oxygen atoms in total. The molecule has 0 spiro atoms. The van der Waals surface area contributed by atoms with Gasteiger partial charge in [0.05, 0.1) is 0 Å². The van der Waals surface area contributed by atoms with Crippen LogP contribution in [-0.4, -0.2) is 4.98 Å². The summed E-state index contributed by atoms with van der Waals surface area (Å²) in [4.78, 5) is 4.44. The highest BCUT2D eigenvalue weighted by Crippen LogP contribution is 2.19. The summed E-state index contributed by atoms with van der Waals surface area (Å²) >= 11 is 0. The number of rotatable bonds is 4. The van der Waals surface area contributed by atoms with Crippen molar-refractivity contribution in [3.63, 3.8) is 0 Å². The summed E-state index contributed by atoms with van der Waals surface area (Å²) in [6.07, 6.45) is 0. The summed E-state index contributed by atoms with van der Waals surface area (Å²) in [5.41, 5.74) is 9.36. The maximum absolute atomic E-state index is 13.5. The van der Waals surface area contributed by atoms with E-state index >= 15 is 0 Å². The van der Waals surface area contributed by atoms with Crippen LogP contribution in [-0.2, 0) is 13.1 Å². The fraction of sp³-hybridized carbons (Fsp3) is 0.267. The monoisotopic (exact) mass is 259 g/mol. The standard InChI is InChI=1S/C15H18FN3/c1-10-7-11(2)19-15(13(10)8-17)18-9-12-5-3-4-6-14(12)16/h3-7H,8-9,17H2,1-2H3,(H,18,19). The van der Waals surface area contributed by atoms with Gasteiger partial charge in [0.25, 0.3) is 0 Å². The van der Waals surface area contributed by atoms with Crippen molar-refractivity contribution in [2.45, 2.75) is 26.9 Å². The van der Waals surface area contributed by atoms with Crippen molar-refractivity contribution in [2.75, 3.05) is 5.32 Å². The van der Waals surface area contributed by atoms with Crippen LogP contribution in [0.2, 0.25) is 0 Å². The molecule has 0 aliphatic rings. The Morgan fingerprint density at radius 2 is 2.00 bits per heavy atom. The maximum Gasteiger partial charge on any atom is 0.131 e. The predicted octanol–water partition coefficient (Wildman–Crippen LogP) is 2.91. The molecule has 3 N–H and O–H groups in total. The van der Waals surface area contributed by atoms with Crippen LogP contribution in [0.3, 0.4) is 0 Å². The van der Waals surface area contributed by atoms with Gasteiger partial charge >= 0.3 is 0 Å². The van der Waals surface area contributed by atoms with Gasteiger partial charge in [0.2, 0.25) is 0 Å². The number of anilines is 1. The highest BCUT2D eigenvalue weighted by molar-refractivity contribution is 5.49. The van der Waals surface area contributed by atoms with E-state index in [0.29, 0.717) is 18.7 Å². The smallest absolute Gasteiger partial charge is 0.131 e. The molecule has 0 unspecified atom stereocenters. The number of hydrogen-bond acceptors (Lipinski definition) is 3. The van der Waals surface area contributed by atoms with E-state index in [-0.39, 0.29) is 5.82 Å². The Morgan fingerprint density at radius 3 is 2.68 bits per heavy atom. The van der Waals surface area contributed by atoms with E-state index in [2.05, 4.69) is 10.3 Å². The Balaban J connectivity index is 2.22. The van der Waals surface area contributed by atoms with Gasteiger partial charge in [0.1, 0.15) is 11.6 Å². The molecule has 0 aliphatic carbocycles. The van der Waals surface area contributed by atoms with Gasteiger partial charge in [-0.05, 0) is 31.5 Å². The van der Waals surface area contributed by atoms with Gasteiger partial charge in [0, 0.05) is 29.9 Å². The third kappa shape index (κ3) is 3.09. The second kappa shape index (κ2) is 5.80. The molecular formula is C15H18FN3. The molecular weight excluding hydrogens is 241 g/mol. The van der Waals surface area contributed by atoms with Crippen LogP contribution in [0.5, 0.6) is 0 Å². The molecule has 0 fully saturated rings. The molecule has 2 aromatic rings. The summed E-state index contributed by atoms with van der Waals surface area (Å²) in [6, 6.07) is 8.71. The molecule has 0 saturated carbocycles. The zero-order chi connectivity index (χ0) is 13.8. The SMILES string of the molecule is Cc1cc(C)c(CN)c(NCc2ccccc2F)n1. The van der Waals surface area contributed by atoms with Crippen LogP contribution in [0, 0.1) is 19.7 Å². The molecule has 19 heavy (non-hydrogen) atoms. The minimum atomic E-state index is -0.214. The summed E-state index contributed by atoms with van der Waals surface area (Å²) in [7, 11) is 0. The zero-order valence-electron chi connectivity index (χ0n) is 11.2. The maximum atomic E-state index is 13.5. The van der Waals surface area contributed by atoms with E-state index in [0.717, 1.165) is 22.6 Å². The van der Waals surface area contributed by atoms with Gasteiger partial charge < -0.3 is 11.1 Å². The van der Waals surface area contributed by atoms with E-state index in [4.69, 9.17) is 5.73 Å². The molecule has 4 heteroatoms. The minimum absolute atomic E-state index is 0.214. The van der Waals surface area contributed by atoms with E-state index in [1.807, 2.05) is 26.0 Å². The molecule has 0 saturated heterocycles. The van der Waals surface area contributed by atoms with Crippen molar-refractivity contribution in [3.05, 3.63) is 58.5 Å². The predicted molar refractivity (Wildman–Crippen MR) is 75.3 cm³/mol. The number of nitrogens with two attached hydrogens (primary N) is 1. The molecule has 1 aromatic heterocycles. The van der Waals surface area contributed by atoms with Crippen LogP contribution in [0.1, 0.15) is 22.4 Å². The molecule has 1 aromatic carbocycles. The number of aromatic nitrogens is 1. The Morgan fingerprint density at radius 1 is 1.26 bits per heavy atom. The number of hydrogen-bond donors (Lipinski definition) is 2. The van der Waals surface area contributed by atoms with E-state index in [1.54, 1.807) is 12.1 Å². The number of aryl methyl sites for hydroxylation is 2. The first-order chi connectivity index (χ1) is 9.11. The van der Waals surface area contributed by atoms with Crippen molar-refractivity contribution < 1.29 is 4.39 Å². The normalized spacial score (nSPS) is 10.5. The first-order valence-corrected chi connectivity index (χ1v) is 6.26. The lowest BCUT2D eigenvalue weighted by Crippen LogP contribution is -2.10. The Labute approximate surface area is 112 Å². The summed E-state index contributed by atoms with van der Waals surface area (Å²) in [6.45, 7) is 4.75. The van der Waals surface area contributed by atoms with Crippen molar-refractivity contribution >= 4 is 5.82 Å². The third-order valence-corrected chi connectivity index (χ3v) is 3.08. The van der Waals surface area contributed by atoms with Gasteiger partial charge in [0.15, 0.2) is 0 Å². The highest BCUT2D eigenvalue weighted by Gasteiger charge is 2.08. The minimum Gasteiger partial charge on any atom is -0.366 e. The summed E-state index contributed by atoms with van der Waals surface area (Å²) < 4.78 is 13.5. The number of halogens is 1. The highest BCUT2D eigenvalue weighted by atomic mass is 19.1. The largest absolute Gasteiger partial charge is 0.366 e. The fourth-order valence-corrected chi connectivity index (χ4v) is 2.09. The Kier molecular flexibility index (Phi) is 4.12. The fourth-order valence-electron chi connectivity index (χ4n) is 2.09. The van der Waals surface area contributed by atoms with Crippen molar-refractivity contribution in [3.8, 4) is 0 Å². The van der Waals surface area contributed by atoms with Crippen molar-refractivity contribution in [1.29, 1.82) is 0 Å². The van der Waals surface area contributed by atoms with Gasteiger partial charge in [-0.2, -0.15) is 0 Å². The molecule has 0 radical (unpaired) electrons. The average Bonchev–Trinajstić information content (AvgIpc) is 2.37. The van der Waals surface area contributed by atoms with Gasteiger partial charge in [-0.25, -0.2) is 9.37 Å². The molecule has 1 heterocycles. The number of nitrogens with one attached hydrogen (secondary N) is 1. The second-order valence-electron chi connectivity index (χ2n) is 4.56. The zero-order valence-corrected chi connectivity index (χ0v) is 11.2. The van der Waals surface area contributed by atoms with E-state index in [9.17, 15) is 4.39 Å². The molecule has 0 atom stereocenters. The van der Waals surface area contributed by atoms with Crippen LogP contribution < -0.4 is 11.1 Å². The third-order valence-electron chi connectivity index (χ3n) is 3.08. The first-order valence-electron chi connectivity index (χ1n) is 6.26. The lowest BCUT2D eigenvalue weighted by molar-refractivity contribution is 0.613. The van der Waals surface area contributed by atoms with Crippen LogP contribution in [0.25, 0.3) is 0 Å². The van der Waals surface area contributed by atoms with E-state index in [1.165, 1.54) is 6.07 Å². The molecule has 0 amide bonds. The lowest BCUT2D eigenvalue weighted by Gasteiger charge is -2.13. The van der Waals surface area contributed by atoms with E-state index < -0.39 is 0 Å². The van der Waals surface area contributed by atoms with Gasteiger partial charge in [-0.3, -0.25) is 0 Å². The first kappa shape index (κ1) is 13.5. The van der Waals surface area contributed by atoms with Crippen molar-refractivity contribution in [1.82, 2.24) is 4.98 Å². The summed E-state index contributed by atoms with van der Waals surface area (Å²) in [5, 5.41) is 3.17. The molecule has 0 aliphatic heterocycles. The molecule has 100 valence electrons. The average molecular weight is 259 g/mol. The van der Waals surface area contributed by atoms with Gasteiger partial charge in [-0.15, -0.1) is 0 Å². The van der Waals surface area contributed by atoms with Crippen LogP contribution in [0.15, 0.2) is 30.3 Å². The quantitative estimate of drug-likeness (QED) is 0.887. The number of pyridine rings is 1. The number of nitrogens with zero attached hydrogens (tertiary/aromatic N) is 1.